The van der Waals surface area contributed by atoms with E-state index >= 15 is 0 Å². The molecule has 0 radical (unpaired) electrons. The van der Waals surface area contributed by atoms with E-state index in [0.717, 1.165) is 26.7 Å². The van der Waals surface area contributed by atoms with Gasteiger partial charge < -0.3 is 33.6 Å². The predicted octanol–water partition coefficient (Wildman–Crippen LogP) is 4.57. The molecule has 0 amide bonds. The van der Waals surface area contributed by atoms with E-state index in [4.69, 9.17) is 28.9 Å². The van der Waals surface area contributed by atoms with Crippen LogP contribution in [0.5, 0.6) is 0 Å². The molecule has 4 aromatic heterocycles. The van der Waals surface area contributed by atoms with E-state index in [0.29, 0.717) is 5.56 Å². The molecule has 0 saturated carbocycles. The number of H-pyrrole nitrogens is 2. The van der Waals surface area contributed by atoms with Crippen molar-refractivity contribution in [2.45, 2.75) is 13.8 Å². The van der Waals surface area contributed by atoms with Crippen LogP contribution in [0.1, 0.15) is 16.7 Å². The normalized spacial score (nSPS) is 8.64. The van der Waals surface area contributed by atoms with Gasteiger partial charge in [-0.3, -0.25) is 0 Å². The molecule has 0 fully saturated rings. The van der Waals surface area contributed by atoms with E-state index in [1.807, 2.05) is 37.6 Å². The van der Waals surface area contributed by atoms with Gasteiger partial charge in [-0.1, -0.05) is 0 Å². The zero-order chi connectivity index (χ0) is 20.4. The molecule has 0 bridgehead atoms. The van der Waals surface area contributed by atoms with Crippen LogP contribution >= 0.6 is 15.9 Å². The quantitative estimate of drug-likeness (QED) is 0.278. The molecule has 2 N–H and O–H groups in total. The summed E-state index contributed by atoms with van der Waals surface area (Å²) in [4.78, 5) is 14.3. The number of nitrogens with one attached hydrogen (secondary N) is 2. The second kappa shape index (κ2) is 12.4. The minimum absolute atomic E-state index is 0. The molecule has 9 heteroatoms. The Labute approximate surface area is 183 Å². The van der Waals surface area contributed by atoms with Crippen LogP contribution in [-0.2, 0) is 19.5 Å². The largest absolute Gasteiger partial charge is 2.00 e. The second-order valence-electron chi connectivity index (χ2n) is 5.12. The molecule has 0 unspecified atom stereocenters. The Morgan fingerprint density at radius 2 is 1.36 bits per heavy atom. The zero-order valence-corrected chi connectivity index (χ0v) is 19.8. The van der Waals surface area contributed by atoms with Gasteiger partial charge in [0, 0.05) is 40.0 Å². The molecule has 0 aliphatic carbocycles. The van der Waals surface area contributed by atoms with Crippen LogP contribution in [0.2, 0.25) is 0 Å². The molecular weight excluding hydrogens is 472 g/mol. The van der Waals surface area contributed by atoms with Crippen molar-refractivity contribution >= 4 is 38.0 Å². The minimum Gasteiger partial charge on any atom is -0.512 e. The third-order valence-corrected chi connectivity index (χ3v) is 4.57. The molecule has 134 valence electrons. The van der Waals surface area contributed by atoms with E-state index < -0.39 is 0 Å². The number of halogens is 1. The Hall–Kier alpha value is -3.05. The van der Waals surface area contributed by atoms with Gasteiger partial charge in [-0.05, 0) is 53.0 Å². The van der Waals surface area contributed by atoms with Gasteiger partial charge in [0.1, 0.15) is 17.4 Å². The topological polar surface area (TPSA) is 129 Å². The Morgan fingerprint density at radius 1 is 0.893 bits per heavy atom. The molecule has 0 aliphatic heterocycles. The standard InChI is InChI=1S/C9H7N3.C8H7BrN2.2CN.Zn/c1-6-7(4-10)5-12-9-8(6)2-3-11-9;1-5-6-2-3-10-8(6)11-4-7(5)9;2*1-2;/h2-3,5H,1H3,(H,11,12);2-4H,1H3,(H,10,11);;;/q;;2*-1;+2. The smallest absolute Gasteiger partial charge is 0.512 e. The van der Waals surface area contributed by atoms with Crippen molar-refractivity contribution in [1.82, 2.24) is 19.9 Å². The Morgan fingerprint density at radius 3 is 1.86 bits per heavy atom. The Bertz CT molecular complexity index is 1110. The van der Waals surface area contributed by atoms with Crippen LogP contribution in [0, 0.1) is 48.8 Å². The van der Waals surface area contributed by atoms with Gasteiger partial charge in [0.15, 0.2) is 0 Å². The van der Waals surface area contributed by atoms with Crippen molar-refractivity contribution in [3.05, 3.63) is 71.2 Å². The summed E-state index contributed by atoms with van der Waals surface area (Å²) in [5.74, 6) is 0. The van der Waals surface area contributed by atoms with Gasteiger partial charge in [-0.2, -0.15) is 5.26 Å². The monoisotopic (exact) mass is 483 g/mol. The maximum Gasteiger partial charge on any atom is 2.00 e. The first-order valence-electron chi connectivity index (χ1n) is 7.47. The summed E-state index contributed by atoms with van der Waals surface area (Å²) >= 11 is 3.42. The Balaban J connectivity index is 0.000000431. The van der Waals surface area contributed by atoms with Crippen molar-refractivity contribution in [1.29, 1.82) is 15.8 Å². The maximum atomic E-state index is 8.72. The first-order chi connectivity index (χ1) is 13.1. The molecule has 0 spiro atoms. The first-order valence-corrected chi connectivity index (χ1v) is 8.27. The zero-order valence-electron chi connectivity index (χ0n) is 15.3. The SMILES string of the molecule is Cc1c(Br)cnc2[nH]ccc12.Cc1c(C#N)cnc2[nH]ccc12.[C-]#N.[C-]#N.[Zn+2]. The molecule has 0 atom stereocenters. The number of rotatable bonds is 0. The van der Waals surface area contributed by atoms with E-state index in [9.17, 15) is 0 Å². The van der Waals surface area contributed by atoms with Crippen LogP contribution < -0.4 is 0 Å². The van der Waals surface area contributed by atoms with Crippen molar-refractivity contribution in [2.24, 2.45) is 0 Å². The first kappa shape index (κ1) is 25.0. The molecule has 0 aromatic carbocycles. The van der Waals surface area contributed by atoms with Gasteiger partial charge in [0.25, 0.3) is 0 Å². The molecule has 4 aromatic rings. The maximum absolute atomic E-state index is 8.72. The number of fused-ring (bicyclic) bond motifs is 2. The molecule has 0 saturated heterocycles. The van der Waals surface area contributed by atoms with E-state index in [1.54, 1.807) is 6.20 Å². The number of hydrogen-bond donors (Lipinski definition) is 2. The van der Waals surface area contributed by atoms with Gasteiger partial charge in [-0.25, -0.2) is 9.97 Å². The summed E-state index contributed by atoms with van der Waals surface area (Å²) in [6.07, 6.45) is 7.13. The van der Waals surface area contributed by atoms with Crippen molar-refractivity contribution in [3.63, 3.8) is 0 Å². The average molecular weight is 486 g/mol. The van der Waals surface area contributed by atoms with E-state index in [1.165, 1.54) is 10.9 Å². The molecular formula is C19H14BrN7Zn. The summed E-state index contributed by atoms with van der Waals surface area (Å²) in [5, 5.41) is 23.4. The molecule has 28 heavy (non-hydrogen) atoms. The fourth-order valence-corrected chi connectivity index (χ4v) is 2.69. The van der Waals surface area contributed by atoms with Crippen LogP contribution in [0.3, 0.4) is 0 Å². The van der Waals surface area contributed by atoms with Gasteiger partial charge in [-0.15, -0.1) is 0 Å². The van der Waals surface area contributed by atoms with Crippen LogP contribution in [0.15, 0.2) is 41.4 Å². The third kappa shape index (κ3) is 5.47. The summed E-state index contributed by atoms with van der Waals surface area (Å²) < 4.78 is 1.06. The molecule has 4 heterocycles. The fourth-order valence-electron chi connectivity index (χ4n) is 2.37. The molecule has 4 rings (SSSR count). The summed E-state index contributed by atoms with van der Waals surface area (Å²) in [7, 11) is 0. The van der Waals surface area contributed by atoms with Gasteiger partial charge in [0.2, 0.25) is 0 Å². The fraction of sp³-hybridized carbons (Fsp3) is 0.105. The number of nitriles is 1. The number of aryl methyl sites for hydroxylation is 2. The Kier molecular flexibility index (Phi) is 11.0. The number of aromatic amines is 2. The van der Waals surface area contributed by atoms with E-state index in [2.05, 4.69) is 48.9 Å². The number of hydrogen-bond acceptors (Lipinski definition) is 5. The van der Waals surface area contributed by atoms with Crippen LogP contribution in [-0.4, -0.2) is 19.9 Å². The summed E-state index contributed by atoms with van der Waals surface area (Å²) in [6.45, 7) is 13.5. The van der Waals surface area contributed by atoms with Gasteiger partial charge in [0.05, 0.1) is 5.56 Å². The van der Waals surface area contributed by atoms with Gasteiger partial charge >= 0.3 is 19.5 Å². The second-order valence-corrected chi connectivity index (χ2v) is 5.97. The van der Waals surface area contributed by atoms with Crippen LogP contribution in [0.4, 0.5) is 0 Å². The number of nitrogens with zero attached hydrogens (tertiary/aromatic N) is 5. The van der Waals surface area contributed by atoms with Crippen molar-refractivity contribution in [2.75, 3.05) is 0 Å². The number of aromatic nitrogens is 4. The minimum atomic E-state index is 0. The van der Waals surface area contributed by atoms with Crippen LogP contribution in [0.25, 0.3) is 22.1 Å². The average Bonchev–Trinajstić information content (AvgIpc) is 3.39. The third-order valence-electron chi connectivity index (χ3n) is 3.77. The van der Waals surface area contributed by atoms with Crippen molar-refractivity contribution < 1.29 is 19.5 Å². The number of pyridine rings is 2. The molecule has 7 nitrogen and oxygen atoms in total. The molecule has 0 aliphatic rings. The van der Waals surface area contributed by atoms with Crippen molar-refractivity contribution in [3.8, 4) is 6.07 Å². The summed E-state index contributed by atoms with van der Waals surface area (Å²) in [6, 6.07) is 6.06. The van der Waals surface area contributed by atoms with E-state index in [-0.39, 0.29) is 19.5 Å². The predicted molar refractivity (Wildman–Crippen MR) is 104 cm³/mol. The summed E-state index contributed by atoms with van der Waals surface area (Å²) in [5.41, 5.74) is 4.65.